The fraction of sp³-hybridized carbons (Fsp3) is 1.00. The van der Waals surface area contributed by atoms with Crippen molar-refractivity contribution in [2.45, 2.75) is 12.8 Å². The van der Waals surface area contributed by atoms with Gasteiger partial charge < -0.3 is 19.7 Å². The van der Waals surface area contributed by atoms with Gasteiger partial charge in [0.2, 0.25) is 0 Å². The van der Waals surface area contributed by atoms with E-state index in [0.29, 0.717) is 26.4 Å². The SMILES string of the molecule is OCC(CO)(COCCCSCCS)COCCCSCCS. The highest BCUT2D eigenvalue weighted by molar-refractivity contribution is 8.00. The van der Waals surface area contributed by atoms with Crippen molar-refractivity contribution in [3.05, 3.63) is 0 Å². The Labute approximate surface area is 160 Å². The molecule has 0 atom stereocenters. The summed E-state index contributed by atoms with van der Waals surface area (Å²) in [5, 5.41) is 19.2. The van der Waals surface area contributed by atoms with Crippen molar-refractivity contribution in [3.63, 3.8) is 0 Å². The van der Waals surface area contributed by atoms with Crippen LogP contribution < -0.4 is 0 Å². The summed E-state index contributed by atoms with van der Waals surface area (Å²) in [6.07, 6.45) is 1.93. The minimum Gasteiger partial charge on any atom is -0.396 e. The molecule has 0 aliphatic carbocycles. The Morgan fingerprint density at radius 2 is 1.17 bits per heavy atom. The summed E-state index contributed by atoms with van der Waals surface area (Å²) >= 11 is 12.1. The lowest BCUT2D eigenvalue weighted by molar-refractivity contribution is -0.0764. The van der Waals surface area contributed by atoms with Gasteiger partial charge in [0.25, 0.3) is 0 Å². The zero-order chi connectivity index (χ0) is 17.2. The van der Waals surface area contributed by atoms with Crippen molar-refractivity contribution < 1.29 is 19.7 Å². The Kier molecular flexibility index (Phi) is 19.0. The van der Waals surface area contributed by atoms with Gasteiger partial charge in [-0.15, -0.1) is 0 Å². The molecule has 0 unspecified atom stereocenters. The monoisotopic (exact) mass is 404 g/mol. The average molecular weight is 405 g/mol. The molecule has 0 saturated carbocycles. The molecule has 0 aliphatic heterocycles. The maximum Gasteiger partial charge on any atom is 0.0632 e. The van der Waals surface area contributed by atoms with Crippen molar-refractivity contribution in [3.8, 4) is 0 Å². The van der Waals surface area contributed by atoms with E-state index in [0.717, 1.165) is 47.4 Å². The van der Waals surface area contributed by atoms with Gasteiger partial charge >= 0.3 is 0 Å². The van der Waals surface area contributed by atoms with Gasteiger partial charge in [-0.3, -0.25) is 0 Å². The minimum atomic E-state index is -0.698. The van der Waals surface area contributed by atoms with Crippen LogP contribution in [0.25, 0.3) is 0 Å². The molecule has 0 aromatic heterocycles. The van der Waals surface area contributed by atoms with Crippen LogP contribution in [0.1, 0.15) is 12.8 Å². The fourth-order valence-electron chi connectivity index (χ4n) is 1.71. The van der Waals surface area contributed by atoms with E-state index in [1.807, 2.05) is 23.5 Å². The standard InChI is InChI=1S/C15H32O4S4/c16-11-15(12-17,13-18-3-1-7-22-9-5-20)14-19-4-2-8-23-10-6-21/h16-17,20-21H,1-14H2. The number of hydrogen-bond acceptors (Lipinski definition) is 8. The van der Waals surface area contributed by atoms with Gasteiger partial charge in [0.05, 0.1) is 31.8 Å². The molecule has 0 bridgehead atoms. The van der Waals surface area contributed by atoms with E-state index < -0.39 is 5.41 Å². The van der Waals surface area contributed by atoms with E-state index in [-0.39, 0.29) is 13.2 Å². The largest absolute Gasteiger partial charge is 0.396 e. The number of thiol groups is 2. The van der Waals surface area contributed by atoms with Crippen LogP contribution in [0.15, 0.2) is 0 Å². The molecule has 4 nitrogen and oxygen atoms in total. The zero-order valence-electron chi connectivity index (χ0n) is 13.8. The number of hydrogen-bond donors (Lipinski definition) is 4. The van der Waals surface area contributed by atoms with E-state index in [1.54, 1.807) is 0 Å². The zero-order valence-corrected chi connectivity index (χ0v) is 17.2. The molecule has 0 aliphatic rings. The maximum absolute atomic E-state index is 9.58. The Morgan fingerprint density at radius 1 is 0.739 bits per heavy atom. The van der Waals surface area contributed by atoms with Crippen molar-refractivity contribution in [2.24, 2.45) is 5.41 Å². The van der Waals surface area contributed by atoms with Gasteiger partial charge in [0.1, 0.15) is 0 Å². The summed E-state index contributed by atoms with van der Waals surface area (Å²) in [7, 11) is 0. The van der Waals surface area contributed by atoms with E-state index in [1.165, 1.54) is 0 Å². The van der Waals surface area contributed by atoms with Crippen LogP contribution in [0.2, 0.25) is 0 Å². The molecule has 0 aromatic rings. The maximum atomic E-state index is 9.58. The minimum absolute atomic E-state index is 0.133. The Morgan fingerprint density at radius 3 is 1.52 bits per heavy atom. The first-order valence-corrected chi connectivity index (χ1v) is 11.6. The lowest BCUT2D eigenvalue weighted by Crippen LogP contribution is -2.40. The molecule has 0 heterocycles. The van der Waals surface area contributed by atoms with Crippen LogP contribution in [0, 0.1) is 5.41 Å². The molecular formula is C15H32O4S4. The number of rotatable bonds is 18. The van der Waals surface area contributed by atoms with Crippen LogP contribution in [0.3, 0.4) is 0 Å². The Balaban J connectivity index is 3.74. The Hall–Kier alpha value is 1.24. The molecule has 0 fully saturated rings. The smallest absolute Gasteiger partial charge is 0.0632 e. The van der Waals surface area contributed by atoms with Crippen molar-refractivity contribution in [1.29, 1.82) is 0 Å². The van der Waals surface area contributed by atoms with E-state index in [2.05, 4.69) is 25.3 Å². The molecule has 140 valence electrons. The van der Waals surface area contributed by atoms with Crippen LogP contribution in [-0.4, -0.2) is 84.4 Å². The van der Waals surface area contributed by atoms with E-state index in [9.17, 15) is 10.2 Å². The topological polar surface area (TPSA) is 58.9 Å². The first kappa shape index (κ1) is 24.2. The van der Waals surface area contributed by atoms with Crippen molar-refractivity contribution in [1.82, 2.24) is 0 Å². The molecule has 0 amide bonds. The van der Waals surface area contributed by atoms with Crippen molar-refractivity contribution in [2.75, 3.05) is 74.2 Å². The predicted octanol–water partition coefficient (Wildman–Crippen LogP) is 2.10. The molecule has 2 N–H and O–H groups in total. The summed E-state index contributed by atoms with van der Waals surface area (Å²) in [5.74, 6) is 6.00. The fourth-order valence-corrected chi connectivity index (χ4v) is 3.80. The first-order chi connectivity index (χ1) is 11.2. The number of aliphatic hydroxyl groups excluding tert-OH is 2. The molecule has 0 spiro atoms. The van der Waals surface area contributed by atoms with Crippen LogP contribution >= 0.6 is 48.8 Å². The highest BCUT2D eigenvalue weighted by atomic mass is 32.2. The lowest BCUT2D eigenvalue weighted by Gasteiger charge is -2.29. The van der Waals surface area contributed by atoms with Crippen LogP contribution in [-0.2, 0) is 9.47 Å². The van der Waals surface area contributed by atoms with E-state index >= 15 is 0 Å². The van der Waals surface area contributed by atoms with Crippen LogP contribution in [0.5, 0.6) is 0 Å². The second-order valence-corrected chi connectivity index (χ2v) is 8.64. The van der Waals surface area contributed by atoms with E-state index in [4.69, 9.17) is 9.47 Å². The average Bonchev–Trinajstić information content (AvgIpc) is 2.58. The molecule has 0 saturated heterocycles. The second kappa shape index (κ2) is 18.0. The predicted molar refractivity (Wildman–Crippen MR) is 110 cm³/mol. The molecule has 0 aromatic carbocycles. The molecule has 8 heteroatoms. The number of ether oxygens (including phenoxy) is 2. The molecule has 23 heavy (non-hydrogen) atoms. The first-order valence-electron chi connectivity index (χ1n) is 7.99. The van der Waals surface area contributed by atoms with Gasteiger partial charge in [-0.05, 0) is 35.9 Å². The van der Waals surface area contributed by atoms with Gasteiger partial charge in [0.15, 0.2) is 0 Å². The van der Waals surface area contributed by atoms with Gasteiger partial charge in [-0.25, -0.2) is 0 Å². The summed E-state index contributed by atoms with van der Waals surface area (Å²) in [4.78, 5) is 0. The third kappa shape index (κ3) is 14.1. The summed E-state index contributed by atoms with van der Waals surface area (Å²) < 4.78 is 11.3. The third-order valence-electron chi connectivity index (χ3n) is 3.11. The van der Waals surface area contributed by atoms with Gasteiger partial charge in [-0.2, -0.15) is 48.8 Å². The second-order valence-electron chi connectivity index (χ2n) is 5.30. The third-order valence-corrected chi connectivity index (χ3v) is 6.31. The van der Waals surface area contributed by atoms with Crippen LogP contribution in [0.4, 0.5) is 0 Å². The summed E-state index contributed by atoms with van der Waals surface area (Å²) in [6.45, 7) is 1.67. The lowest BCUT2D eigenvalue weighted by atomic mass is 9.92. The number of aliphatic hydroxyl groups is 2. The number of thioether (sulfide) groups is 2. The van der Waals surface area contributed by atoms with Gasteiger partial charge in [-0.1, -0.05) is 0 Å². The van der Waals surface area contributed by atoms with Gasteiger partial charge in [0, 0.05) is 24.7 Å². The molecule has 0 radical (unpaired) electrons. The quantitative estimate of drug-likeness (QED) is 0.207. The highest BCUT2D eigenvalue weighted by Crippen LogP contribution is 2.18. The summed E-state index contributed by atoms with van der Waals surface area (Å²) in [5.41, 5.74) is -0.698. The molecular weight excluding hydrogens is 372 g/mol. The highest BCUT2D eigenvalue weighted by Gasteiger charge is 2.29. The van der Waals surface area contributed by atoms with Crippen molar-refractivity contribution >= 4 is 48.8 Å². The normalized spacial score (nSPS) is 12.0. The molecule has 0 rings (SSSR count). The Bertz CT molecular complexity index is 224. The summed E-state index contributed by atoms with van der Waals surface area (Å²) in [6, 6.07) is 0.